The Labute approximate surface area is 121 Å². The van der Waals surface area contributed by atoms with Crippen LogP contribution in [0.4, 0.5) is 32.0 Å². The molecule has 0 saturated heterocycles. The van der Waals surface area contributed by atoms with Crippen LogP contribution in [0.15, 0.2) is 24.4 Å². The molecule has 0 spiro atoms. The molecule has 0 amide bonds. The maximum absolute atomic E-state index is 12.8. The molecule has 1 aromatic carbocycles. The SMILES string of the molecule is Cc1cc(Cn2cc(C(F)(F)F)nc2C(F)(F)F)ccc1N. The lowest BCUT2D eigenvalue weighted by atomic mass is 10.1. The molecule has 0 bridgehead atoms. The van der Waals surface area contributed by atoms with Gasteiger partial charge in [-0.25, -0.2) is 4.98 Å². The average Bonchev–Trinajstić information content (AvgIpc) is 2.77. The zero-order valence-corrected chi connectivity index (χ0v) is 11.3. The van der Waals surface area contributed by atoms with Crippen molar-refractivity contribution in [1.82, 2.24) is 9.55 Å². The number of aryl methyl sites for hydroxylation is 1. The third-order valence-corrected chi connectivity index (χ3v) is 3.01. The van der Waals surface area contributed by atoms with Gasteiger partial charge in [-0.1, -0.05) is 12.1 Å². The number of nitrogens with zero attached hydrogens (tertiary/aromatic N) is 2. The third kappa shape index (κ3) is 3.34. The lowest BCUT2D eigenvalue weighted by Gasteiger charge is -2.11. The lowest BCUT2D eigenvalue weighted by Crippen LogP contribution is -2.15. The number of imidazole rings is 1. The summed E-state index contributed by atoms with van der Waals surface area (Å²) in [5, 5.41) is 0. The second-order valence-corrected chi connectivity index (χ2v) is 4.76. The minimum Gasteiger partial charge on any atom is -0.399 e. The van der Waals surface area contributed by atoms with E-state index in [-0.39, 0.29) is 6.54 Å². The highest BCUT2D eigenvalue weighted by Gasteiger charge is 2.42. The highest BCUT2D eigenvalue weighted by Crippen LogP contribution is 2.34. The van der Waals surface area contributed by atoms with Crippen molar-refractivity contribution in [3.8, 4) is 0 Å². The van der Waals surface area contributed by atoms with E-state index < -0.39 is 23.9 Å². The molecule has 0 saturated carbocycles. The van der Waals surface area contributed by atoms with E-state index in [2.05, 4.69) is 4.98 Å². The smallest absolute Gasteiger partial charge is 0.399 e. The summed E-state index contributed by atoms with van der Waals surface area (Å²) in [5.74, 6) is -1.59. The molecule has 2 rings (SSSR count). The van der Waals surface area contributed by atoms with E-state index in [0.717, 1.165) is 0 Å². The fourth-order valence-corrected chi connectivity index (χ4v) is 1.93. The molecule has 1 heterocycles. The van der Waals surface area contributed by atoms with Crippen LogP contribution in [0.1, 0.15) is 22.6 Å². The first-order chi connectivity index (χ1) is 9.98. The van der Waals surface area contributed by atoms with E-state index in [1.54, 1.807) is 6.92 Å². The summed E-state index contributed by atoms with van der Waals surface area (Å²) in [7, 11) is 0. The molecular weight excluding hydrogens is 312 g/mol. The Hall–Kier alpha value is -2.19. The number of nitrogens with two attached hydrogens (primary N) is 1. The fourth-order valence-electron chi connectivity index (χ4n) is 1.93. The Balaban J connectivity index is 2.44. The maximum atomic E-state index is 12.8. The van der Waals surface area contributed by atoms with E-state index in [9.17, 15) is 26.3 Å². The molecule has 0 unspecified atom stereocenters. The summed E-state index contributed by atoms with van der Waals surface area (Å²) in [6, 6.07) is 4.46. The van der Waals surface area contributed by atoms with Crippen molar-refractivity contribution in [2.24, 2.45) is 0 Å². The molecule has 2 N–H and O–H groups in total. The molecule has 120 valence electrons. The lowest BCUT2D eigenvalue weighted by molar-refractivity contribution is -0.150. The molecule has 9 heteroatoms. The molecular formula is C13H11F6N3. The van der Waals surface area contributed by atoms with Crippen LogP contribution in [0.2, 0.25) is 0 Å². The predicted molar refractivity (Wildman–Crippen MR) is 66.9 cm³/mol. The first-order valence-electron chi connectivity index (χ1n) is 6.05. The van der Waals surface area contributed by atoms with Crippen LogP contribution >= 0.6 is 0 Å². The van der Waals surface area contributed by atoms with Crippen LogP contribution < -0.4 is 5.73 Å². The van der Waals surface area contributed by atoms with Gasteiger partial charge in [0, 0.05) is 18.4 Å². The van der Waals surface area contributed by atoms with E-state index in [1.807, 2.05) is 0 Å². The van der Waals surface area contributed by atoms with Crippen molar-refractivity contribution < 1.29 is 26.3 Å². The molecule has 0 aliphatic heterocycles. The van der Waals surface area contributed by atoms with Crippen LogP contribution in [-0.2, 0) is 18.9 Å². The minimum absolute atomic E-state index is 0.356. The van der Waals surface area contributed by atoms with Crippen molar-refractivity contribution in [2.45, 2.75) is 25.8 Å². The Morgan fingerprint density at radius 3 is 2.23 bits per heavy atom. The minimum atomic E-state index is -4.98. The Morgan fingerprint density at radius 1 is 1.09 bits per heavy atom. The van der Waals surface area contributed by atoms with E-state index in [4.69, 9.17) is 5.73 Å². The van der Waals surface area contributed by atoms with Gasteiger partial charge in [-0.3, -0.25) is 0 Å². The molecule has 0 aliphatic carbocycles. The van der Waals surface area contributed by atoms with Gasteiger partial charge in [0.15, 0.2) is 5.69 Å². The van der Waals surface area contributed by atoms with Gasteiger partial charge < -0.3 is 10.3 Å². The third-order valence-electron chi connectivity index (χ3n) is 3.01. The predicted octanol–water partition coefficient (Wildman–Crippen LogP) is 3.86. The van der Waals surface area contributed by atoms with Crippen molar-refractivity contribution in [2.75, 3.05) is 5.73 Å². The summed E-state index contributed by atoms with van der Waals surface area (Å²) < 4.78 is 76.6. The quantitative estimate of drug-likeness (QED) is 0.674. The number of nitrogen functional groups attached to an aromatic ring is 1. The highest BCUT2D eigenvalue weighted by molar-refractivity contribution is 5.47. The molecule has 2 aromatic rings. The van der Waals surface area contributed by atoms with Gasteiger partial charge in [-0.2, -0.15) is 26.3 Å². The number of hydrogen-bond acceptors (Lipinski definition) is 2. The van der Waals surface area contributed by atoms with Crippen molar-refractivity contribution in [3.63, 3.8) is 0 Å². The average molecular weight is 323 g/mol. The summed E-state index contributed by atoms with van der Waals surface area (Å²) in [5.41, 5.74) is 5.48. The normalized spacial score (nSPS) is 12.7. The van der Waals surface area contributed by atoms with Crippen LogP contribution in [0.25, 0.3) is 0 Å². The topological polar surface area (TPSA) is 43.8 Å². The summed E-state index contributed by atoms with van der Waals surface area (Å²) >= 11 is 0. The van der Waals surface area contributed by atoms with Gasteiger partial charge in [-0.05, 0) is 24.1 Å². The van der Waals surface area contributed by atoms with Crippen LogP contribution in [0.5, 0.6) is 0 Å². The number of alkyl halides is 6. The molecule has 22 heavy (non-hydrogen) atoms. The number of halogens is 6. The van der Waals surface area contributed by atoms with E-state index >= 15 is 0 Å². The highest BCUT2D eigenvalue weighted by atomic mass is 19.4. The molecule has 1 aromatic heterocycles. The fraction of sp³-hybridized carbons (Fsp3) is 0.308. The van der Waals surface area contributed by atoms with Crippen molar-refractivity contribution in [3.05, 3.63) is 47.0 Å². The molecule has 3 nitrogen and oxygen atoms in total. The Morgan fingerprint density at radius 2 is 1.73 bits per heavy atom. The number of aromatic nitrogens is 2. The zero-order chi connectivity index (χ0) is 16.7. The summed E-state index contributed by atoms with van der Waals surface area (Å²) in [4.78, 5) is 2.68. The zero-order valence-electron chi connectivity index (χ0n) is 11.3. The number of hydrogen-bond donors (Lipinski definition) is 1. The molecule has 0 atom stereocenters. The monoisotopic (exact) mass is 323 g/mol. The summed E-state index contributed by atoms with van der Waals surface area (Å²) in [6.07, 6.45) is -9.57. The molecule has 0 radical (unpaired) electrons. The molecule has 0 fully saturated rings. The van der Waals surface area contributed by atoms with Crippen molar-refractivity contribution >= 4 is 5.69 Å². The molecule has 0 aliphatic rings. The van der Waals surface area contributed by atoms with E-state index in [0.29, 0.717) is 27.6 Å². The first-order valence-corrected chi connectivity index (χ1v) is 6.05. The standard InChI is InChI=1S/C13H11F6N3/c1-7-4-8(2-3-9(7)20)5-22-6-10(12(14,15)16)21-11(22)13(17,18)19/h2-4,6H,5,20H2,1H3. The maximum Gasteiger partial charge on any atom is 0.449 e. The van der Waals surface area contributed by atoms with Crippen LogP contribution in [0, 0.1) is 6.92 Å². The van der Waals surface area contributed by atoms with Gasteiger partial charge in [0.2, 0.25) is 5.82 Å². The van der Waals surface area contributed by atoms with Crippen molar-refractivity contribution in [1.29, 1.82) is 0 Å². The Kier molecular flexibility index (Phi) is 3.84. The number of rotatable bonds is 2. The summed E-state index contributed by atoms with van der Waals surface area (Å²) in [6.45, 7) is 1.26. The van der Waals surface area contributed by atoms with Gasteiger partial charge in [0.05, 0.1) is 0 Å². The number of benzene rings is 1. The van der Waals surface area contributed by atoms with Gasteiger partial charge in [0.25, 0.3) is 0 Å². The van der Waals surface area contributed by atoms with Gasteiger partial charge in [-0.15, -0.1) is 0 Å². The second kappa shape index (κ2) is 5.22. The second-order valence-electron chi connectivity index (χ2n) is 4.76. The van der Waals surface area contributed by atoms with Gasteiger partial charge >= 0.3 is 12.4 Å². The first kappa shape index (κ1) is 16.2. The largest absolute Gasteiger partial charge is 0.449 e. The number of anilines is 1. The Bertz CT molecular complexity index is 684. The van der Waals surface area contributed by atoms with Crippen LogP contribution in [0.3, 0.4) is 0 Å². The van der Waals surface area contributed by atoms with Crippen LogP contribution in [-0.4, -0.2) is 9.55 Å². The van der Waals surface area contributed by atoms with E-state index in [1.165, 1.54) is 18.2 Å². The van der Waals surface area contributed by atoms with Gasteiger partial charge in [0.1, 0.15) is 0 Å².